The van der Waals surface area contributed by atoms with E-state index in [9.17, 15) is 24.4 Å². The van der Waals surface area contributed by atoms with Crippen LogP contribution in [0.15, 0.2) is 18.2 Å². The van der Waals surface area contributed by atoms with Crippen LogP contribution >= 0.6 is 0 Å². The Morgan fingerprint density at radius 1 is 1.58 bits per heavy atom. The fourth-order valence-electron chi connectivity index (χ4n) is 1.50. The van der Waals surface area contributed by atoms with Crippen molar-refractivity contribution in [1.29, 1.82) is 0 Å². The maximum Gasteiger partial charge on any atom is 0.317 e. The summed E-state index contributed by atoms with van der Waals surface area (Å²) in [5, 5.41) is 31.5. The van der Waals surface area contributed by atoms with Gasteiger partial charge in [0.15, 0.2) is 0 Å². The molecule has 8 heteroatoms. The first-order valence-electron chi connectivity index (χ1n) is 5.40. The fraction of sp³-hybridized carbons (Fsp3) is 0.364. The van der Waals surface area contributed by atoms with Gasteiger partial charge in [-0.2, -0.15) is 4.39 Å². The Morgan fingerprint density at radius 3 is 2.74 bits per heavy atom. The normalized spacial score (nSPS) is 13.8. The third kappa shape index (κ3) is 3.97. The number of hydrogen-bond donors (Lipinski definition) is 3. The minimum atomic E-state index is -1.18. The second kappa shape index (κ2) is 6.21. The van der Waals surface area contributed by atoms with E-state index in [2.05, 4.69) is 5.32 Å². The van der Waals surface area contributed by atoms with Crippen LogP contribution in [0.25, 0.3) is 0 Å². The smallest absolute Gasteiger partial charge is 0.317 e. The zero-order valence-electron chi connectivity index (χ0n) is 10.0. The predicted molar refractivity (Wildman–Crippen MR) is 63.1 cm³/mol. The van der Waals surface area contributed by atoms with Gasteiger partial charge in [0.25, 0.3) is 0 Å². The lowest BCUT2D eigenvalue weighted by atomic mass is 10.0. The Bertz CT molecular complexity index is 494. The topological polar surface area (TPSA) is 113 Å². The van der Waals surface area contributed by atoms with Gasteiger partial charge in [-0.15, -0.1) is 0 Å². The molecule has 0 aromatic heterocycles. The molecule has 0 radical (unpaired) electrons. The standard InChI is InChI=1S/C11H13FN2O5/c1-6(13-5-10(15)16)11(17)7-2-3-8(12)9(4-7)14(18)19/h2-4,6,11,13,17H,5H2,1H3,(H,15,16). The quantitative estimate of drug-likeness (QED) is 0.522. The molecule has 104 valence electrons. The van der Waals surface area contributed by atoms with E-state index in [0.717, 1.165) is 12.1 Å². The van der Waals surface area contributed by atoms with Crippen LogP contribution in [0.3, 0.4) is 0 Å². The summed E-state index contributed by atoms with van der Waals surface area (Å²) >= 11 is 0. The summed E-state index contributed by atoms with van der Waals surface area (Å²) in [6, 6.07) is 2.38. The van der Waals surface area contributed by atoms with E-state index in [1.54, 1.807) is 0 Å². The average Bonchev–Trinajstić information content (AvgIpc) is 2.35. The number of benzene rings is 1. The molecule has 0 saturated heterocycles. The number of nitrogens with one attached hydrogen (secondary N) is 1. The van der Waals surface area contributed by atoms with Crippen molar-refractivity contribution in [2.75, 3.05) is 6.54 Å². The zero-order chi connectivity index (χ0) is 14.6. The van der Waals surface area contributed by atoms with E-state index in [0.29, 0.717) is 0 Å². The van der Waals surface area contributed by atoms with Gasteiger partial charge in [0.2, 0.25) is 5.82 Å². The SMILES string of the molecule is CC(NCC(=O)O)C(O)c1ccc(F)c([N+](=O)[O-])c1. The van der Waals surface area contributed by atoms with Crippen LogP contribution in [0.2, 0.25) is 0 Å². The Hall–Kier alpha value is -2.06. The van der Waals surface area contributed by atoms with Crippen LogP contribution in [-0.4, -0.2) is 33.7 Å². The van der Waals surface area contributed by atoms with Gasteiger partial charge in [-0.1, -0.05) is 6.07 Å². The number of rotatable bonds is 6. The molecule has 0 aliphatic carbocycles. The molecule has 0 saturated carbocycles. The molecule has 2 unspecified atom stereocenters. The highest BCUT2D eigenvalue weighted by atomic mass is 19.1. The van der Waals surface area contributed by atoms with E-state index >= 15 is 0 Å². The van der Waals surface area contributed by atoms with Gasteiger partial charge in [-0.25, -0.2) is 0 Å². The van der Waals surface area contributed by atoms with Crippen molar-refractivity contribution in [3.8, 4) is 0 Å². The number of aliphatic hydroxyl groups is 1. The molecule has 0 heterocycles. The number of aliphatic hydroxyl groups excluding tert-OH is 1. The van der Waals surface area contributed by atoms with Crippen molar-refractivity contribution in [3.05, 3.63) is 39.7 Å². The second-order valence-electron chi connectivity index (χ2n) is 3.98. The summed E-state index contributed by atoms with van der Waals surface area (Å²) < 4.78 is 13.1. The highest BCUT2D eigenvalue weighted by Gasteiger charge is 2.21. The third-order valence-corrected chi connectivity index (χ3v) is 2.56. The monoisotopic (exact) mass is 272 g/mol. The number of nitro groups is 1. The van der Waals surface area contributed by atoms with Crippen LogP contribution in [-0.2, 0) is 4.79 Å². The van der Waals surface area contributed by atoms with Crippen LogP contribution in [0.4, 0.5) is 10.1 Å². The zero-order valence-corrected chi connectivity index (χ0v) is 10.0. The van der Waals surface area contributed by atoms with E-state index in [-0.39, 0.29) is 12.1 Å². The summed E-state index contributed by atoms with van der Waals surface area (Å²) in [6.07, 6.45) is -1.18. The van der Waals surface area contributed by atoms with Gasteiger partial charge < -0.3 is 15.5 Å². The maximum absolute atomic E-state index is 13.1. The van der Waals surface area contributed by atoms with Crippen molar-refractivity contribution in [1.82, 2.24) is 5.32 Å². The molecule has 2 atom stereocenters. The summed E-state index contributed by atoms with van der Waals surface area (Å²) in [4.78, 5) is 20.1. The molecule has 0 aliphatic heterocycles. The fourth-order valence-corrected chi connectivity index (χ4v) is 1.50. The molecular formula is C11H13FN2O5. The number of halogens is 1. The Balaban J connectivity index is 2.87. The number of aliphatic carboxylic acids is 1. The van der Waals surface area contributed by atoms with Crippen molar-refractivity contribution >= 4 is 11.7 Å². The summed E-state index contributed by atoms with van der Waals surface area (Å²) in [5.41, 5.74) is -0.597. The maximum atomic E-state index is 13.1. The number of nitro benzene ring substituents is 1. The lowest BCUT2D eigenvalue weighted by Crippen LogP contribution is -2.35. The molecule has 0 spiro atoms. The molecule has 3 N–H and O–H groups in total. The predicted octanol–water partition coefficient (Wildman–Crippen LogP) is 0.830. The number of carboxylic acid groups (broad SMARTS) is 1. The van der Waals surface area contributed by atoms with Crippen molar-refractivity contribution in [3.63, 3.8) is 0 Å². The minimum absolute atomic E-state index is 0.137. The first-order valence-corrected chi connectivity index (χ1v) is 5.40. The highest BCUT2D eigenvalue weighted by molar-refractivity contribution is 5.69. The van der Waals surface area contributed by atoms with Gasteiger partial charge in [-0.3, -0.25) is 14.9 Å². The summed E-state index contributed by atoms with van der Waals surface area (Å²) in [6.45, 7) is 1.16. The average molecular weight is 272 g/mol. The van der Waals surface area contributed by atoms with E-state index < -0.39 is 34.5 Å². The molecule has 1 rings (SSSR count). The van der Waals surface area contributed by atoms with E-state index in [1.807, 2.05) is 0 Å². The Morgan fingerprint density at radius 2 is 2.21 bits per heavy atom. The van der Waals surface area contributed by atoms with Gasteiger partial charge in [0, 0.05) is 12.1 Å². The lowest BCUT2D eigenvalue weighted by Gasteiger charge is -2.19. The van der Waals surface area contributed by atoms with Crippen molar-refractivity contribution in [2.45, 2.75) is 19.1 Å². The first-order chi connectivity index (χ1) is 8.82. The third-order valence-electron chi connectivity index (χ3n) is 2.56. The molecule has 0 amide bonds. The molecule has 7 nitrogen and oxygen atoms in total. The lowest BCUT2D eigenvalue weighted by molar-refractivity contribution is -0.387. The summed E-state index contributed by atoms with van der Waals surface area (Å²) in [7, 11) is 0. The Kier molecular flexibility index (Phi) is 4.90. The number of hydrogen-bond acceptors (Lipinski definition) is 5. The second-order valence-corrected chi connectivity index (χ2v) is 3.98. The first kappa shape index (κ1) is 15.0. The minimum Gasteiger partial charge on any atom is -0.480 e. The molecule has 0 aliphatic rings. The molecule has 1 aromatic rings. The van der Waals surface area contributed by atoms with Crippen molar-refractivity contribution < 1.29 is 24.3 Å². The van der Waals surface area contributed by atoms with E-state index in [1.165, 1.54) is 13.0 Å². The van der Waals surface area contributed by atoms with Gasteiger partial charge >= 0.3 is 11.7 Å². The van der Waals surface area contributed by atoms with Gasteiger partial charge in [0.1, 0.15) is 0 Å². The van der Waals surface area contributed by atoms with Gasteiger partial charge in [-0.05, 0) is 18.6 Å². The van der Waals surface area contributed by atoms with Crippen molar-refractivity contribution in [2.24, 2.45) is 0 Å². The molecular weight excluding hydrogens is 259 g/mol. The van der Waals surface area contributed by atoms with Crippen LogP contribution in [0.5, 0.6) is 0 Å². The highest BCUT2D eigenvalue weighted by Crippen LogP contribution is 2.24. The largest absolute Gasteiger partial charge is 0.480 e. The van der Waals surface area contributed by atoms with Crippen LogP contribution in [0.1, 0.15) is 18.6 Å². The number of nitrogens with zero attached hydrogens (tertiary/aromatic N) is 1. The molecule has 0 bridgehead atoms. The Labute approximate surface area is 107 Å². The molecule has 1 aromatic carbocycles. The van der Waals surface area contributed by atoms with E-state index in [4.69, 9.17) is 5.11 Å². The number of carbonyl (C=O) groups is 1. The van der Waals surface area contributed by atoms with Gasteiger partial charge in [0.05, 0.1) is 17.6 Å². The van der Waals surface area contributed by atoms with Crippen LogP contribution in [0, 0.1) is 15.9 Å². The molecule has 19 heavy (non-hydrogen) atoms. The summed E-state index contributed by atoms with van der Waals surface area (Å²) in [5.74, 6) is -2.09. The number of carboxylic acids is 1. The molecule has 0 fully saturated rings. The van der Waals surface area contributed by atoms with Crippen LogP contribution < -0.4 is 5.32 Å².